The Bertz CT molecular complexity index is 135. The quantitative estimate of drug-likeness (QED) is 0.606. The summed E-state index contributed by atoms with van der Waals surface area (Å²) in [5, 5.41) is 4.48. The minimum atomic E-state index is 0.946. The molecule has 0 spiro atoms. The van der Waals surface area contributed by atoms with E-state index in [4.69, 9.17) is 4.74 Å². The maximum atomic E-state index is 5.40. The van der Waals surface area contributed by atoms with Gasteiger partial charge in [-0.15, -0.1) is 0 Å². The first-order valence-electron chi connectivity index (χ1n) is 5.68. The Morgan fingerprint density at radius 2 is 1.62 bits per heavy atom. The summed E-state index contributed by atoms with van der Waals surface area (Å²) < 4.78 is 5.40. The first kappa shape index (κ1) is 9.47. The molecular weight excluding hydrogens is 162 g/mol. The topological polar surface area (TPSA) is 23.3 Å². The Kier molecular flexibility index (Phi) is 3.62. The van der Waals surface area contributed by atoms with Gasteiger partial charge in [-0.3, -0.25) is 0 Å². The van der Waals surface area contributed by atoms with E-state index in [1.54, 1.807) is 0 Å². The molecule has 0 aromatic heterocycles. The van der Waals surface area contributed by atoms with Gasteiger partial charge in [0.25, 0.3) is 0 Å². The lowest BCUT2D eigenvalue weighted by Gasteiger charge is -2.29. The summed E-state index contributed by atoms with van der Waals surface area (Å²) in [6.07, 6.45) is 6.66. The maximum Gasteiger partial charge on any atom is 0.0468 e. The van der Waals surface area contributed by atoms with E-state index in [-0.39, 0.29) is 0 Å². The molecular formula is C11H20NO. The summed E-state index contributed by atoms with van der Waals surface area (Å²) in [7, 11) is 0. The molecule has 2 heteroatoms. The van der Waals surface area contributed by atoms with Crippen LogP contribution >= 0.6 is 0 Å². The van der Waals surface area contributed by atoms with E-state index < -0.39 is 0 Å². The molecule has 0 aromatic rings. The van der Waals surface area contributed by atoms with Crippen molar-refractivity contribution in [3.05, 3.63) is 0 Å². The van der Waals surface area contributed by atoms with E-state index in [9.17, 15) is 0 Å². The summed E-state index contributed by atoms with van der Waals surface area (Å²) in [5.41, 5.74) is 0. The summed E-state index contributed by atoms with van der Waals surface area (Å²) >= 11 is 0. The molecule has 2 heterocycles. The van der Waals surface area contributed by atoms with E-state index in [0.717, 1.165) is 38.1 Å². The van der Waals surface area contributed by atoms with Crippen LogP contribution in [0.4, 0.5) is 0 Å². The molecule has 2 aliphatic heterocycles. The van der Waals surface area contributed by atoms with Gasteiger partial charge in [0.05, 0.1) is 0 Å². The molecule has 13 heavy (non-hydrogen) atoms. The normalized spacial score (nSPS) is 32.8. The molecule has 0 amide bonds. The van der Waals surface area contributed by atoms with Crippen molar-refractivity contribution in [2.24, 2.45) is 11.8 Å². The molecule has 1 atom stereocenters. The van der Waals surface area contributed by atoms with Gasteiger partial charge in [-0.1, -0.05) is 0 Å². The third kappa shape index (κ3) is 2.68. The van der Waals surface area contributed by atoms with Gasteiger partial charge in [0.15, 0.2) is 0 Å². The average Bonchev–Trinajstić information content (AvgIpc) is 2.47. The van der Waals surface area contributed by atoms with Crippen LogP contribution in [0.1, 0.15) is 32.1 Å². The van der Waals surface area contributed by atoms with Gasteiger partial charge in [-0.25, -0.2) is 5.32 Å². The van der Waals surface area contributed by atoms with E-state index in [1.165, 1.54) is 32.1 Å². The van der Waals surface area contributed by atoms with Crippen LogP contribution in [0, 0.1) is 11.8 Å². The minimum absolute atomic E-state index is 0.946. The third-order valence-corrected chi connectivity index (χ3v) is 3.48. The first-order valence-corrected chi connectivity index (χ1v) is 5.68. The second-order valence-corrected chi connectivity index (χ2v) is 4.31. The lowest BCUT2D eigenvalue weighted by atomic mass is 9.81. The fourth-order valence-electron chi connectivity index (χ4n) is 2.64. The molecule has 1 radical (unpaired) electrons. The van der Waals surface area contributed by atoms with Crippen molar-refractivity contribution < 1.29 is 4.74 Å². The monoisotopic (exact) mass is 182 g/mol. The van der Waals surface area contributed by atoms with Crippen LogP contribution in [-0.4, -0.2) is 26.3 Å². The van der Waals surface area contributed by atoms with Crippen molar-refractivity contribution in [1.29, 1.82) is 0 Å². The van der Waals surface area contributed by atoms with Crippen molar-refractivity contribution >= 4 is 0 Å². The number of rotatable bonds is 1. The van der Waals surface area contributed by atoms with Crippen LogP contribution in [0.3, 0.4) is 0 Å². The molecule has 0 saturated carbocycles. The van der Waals surface area contributed by atoms with Crippen molar-refractivity contribution in [2.45, 2.75) is 32.1 Å². The second kappa shape index (κ2) is 4.97. The zero-order valence-corrected chi connectivity index (χ0v) is 8.37. The van der Waals surface area contributed by atoms with Crippen molar-refractivity contribution in [2.75, 3.05) is 26.3 Å². The standard InChI is InChI=1S/C11H20NO/c1-2-10(3-7-12-6-1)11-4-8-13-9-5-11/h10-11H,1-9H2. The summed E-state index contributed by atoms with van der Waals surface area (Å²) in [5.74, 6) is 1.90. The highest BCUT2D eigenvalue weighted by Gasteiger charge is 2.24. The zero-order valence-electron chi connectivity index (χ0n) is 8.37. The predicted octanol–water partition coefficient (Wildman–Crippen LogP) is 1.82. The van der Waals surface area contributed by atoms with Crippen LogP contribution in [0.15, 0.2) is 0 Å². The fraction of sp³-hybridized carbons (Fsp3) is 1.00. The Labute approximate surface area is 81.0 Å². The van der Waals surface area contributed by atoms with Gasteiger partial charge in [-0.05, 0) is 43.9 Å². The molecule has 2 aliphatic rings. The van der Waals surface area contributed by atoms with Crippen LogP contribution in [0.2, 0.25) is 0 Å². The third-order valence-electron chi connectivity index (χ3n) is 3.48. The number of ether oxygens (including phenoxy) is 1. The second-order valence-electron chi connectivity index (χ2n) is 4.31. The molecule has 1 unspecified atom stereocenters. The predicted molar refractivity (Wildman–Crippen MR) is 52.8 cm³/mol. The molecule has 2 saturated heterocycles. The van der Waals surface area contributed by atoms with Crippen LogP contribution in [-0.2, 0) is 4.74 Å². The lowest BCUT2D eigenvalue weighted by molar-refractivity contribution is 0.0442. The van der Waals surface area contributed by atoms with Crippen molar-refractivity contribution in [3.63, 3.8) is 0 Å². The fourth-order valence-corrected chi connectivity index (χ4v) is 2.64. The average molecular weight is 182 g/mol. The molecule has 2 rings (SSSR count). The maximum absolute atomic E-state index is 5.40. The van der Waals surface area contributed by atoms with Gasteiger partial charge in [0.1, 0.15) is 0 Å². The SMILES string of the molecule is C1C[N]CCC(C2CCOCC2)C1. The van der Waals surface area contributed by atoms with E-state index in [1.807, 2.05) is 0 Å². The van der Waals surface area contributed by atoms with Gasteiger partial charge in [0, 0.05) is 26.3 Å². The summed E-state index contributed by atoms with van der Waals surface area (Å²) in [4.78, 5) is 0. The largest absolute Gasteiger partial charge is 0.381 e. The van der Waals surface area contributed by atoms with Crippen LogP contribution in [0.5, 0.6) is 0 Å². The molecule has 0 N–H and O–H groups in total. The highest BCUT2D eigenvalue weighted by molar-refractivity contribution is 4.76. The van der Waals surface area contributed by atoms with Gasteiger partial charge in [0.2, 0.25) is 0 Å². The van der Waals surface area contributed by atoms with E-state index >= 15 is 0 Å². The first-order chi connectivity index (χ1) is 6.47. The molecule has 75 valence electrons. The van der Waals surface area contributed by atoms with Gasteiger partial charge >= 0.3 is 0 Å². The molecule has 2 fully saturated rings. The van der Waals surface area contributed by atoms with Crippen molar-refractivity contribution in [3.8, 4) is 0 Å². The Morgan fingerprint density at radius 3 is 2.46 bits per heavy atom. The Balaban J connectivity index is 1.82. The Morgan fingerprint density at radius 1 is 0.846 bits per heavy atom. The molecule has 0 bridgehead atoms. The van der Waals surface area contributed by atoms with Gasteiger partial charge in [-0.2, -0.15) is 0 Å². The summed E-state index contributed by atoms with van der Waals surface area (Å²) in [6.45, 7) is 4.22. The lowest BCUT2D eigenvalue weighted by Crippen LogP contribution is -2.23. The molecule has 2 nitrogen and oxygen atoms in total. The smallest absolute Gasteiger partial charge is 0.0468 e. The highest BCUT2D eigenvalue weighted by Crippen LogP contribution is 2.30. The van der Waals surface area contributed by atoms with Gasteiger partial charge < -0.3 is 4.74 Å². The molecule has 0 aromatic carbocycles. The van der Waals surface area contributed by atoms with E-state index in [0.29, 0.717) is 0 Å². The number of hydrogen-bond donors (Lipinski definition) is 0. The number of nitrogens with zero attached hydrogens (tertiary/aromatic N) is 1. The van der Waals surface area contributed by atoms with Crippen molar-refractivity contribution in [1.82, 2.24) is 5.32 Å². The highest BCUT2D eigenvalue weighted by atomic mass is 16.5. The Hall–Kier alpha value is -0.0800. The zero-order chi connectivity index (χ0) is 8.93. The number of hydrogen-bond acceptors (Lipinski definition) is 1. The van der Waals surface area contributed by atoms with Crippen LogP contribution < -0.4 is 5.32 Å². The molecule has 0 aliphatic carbocycles. The minimum Gasteiger partial charge on any atom is -0.381 e. The summed E-state index contributed by atoms with van der Waals surface area (Å²) in [6, 6.07) is 0. The van der Waals surface area contributed by atoms with E-state index in [2.05, 4.69) is 5.32 Å². The van der Waals surface area contributed by atoms with Crippen LogP contribution in [0.25, 0.3) is 0 Å².